The van der Waals surface area contributed by atoms with Gasteiger partial charge in [0.15, 0.2) is 5.78 Å². The zero-order valence-electron chi connectivity index (χ0n) is 13.6. The highest BCUT2D eigenvalue weighted by Gasteiger charge is 2.51. The van der Waals surface area contributed by atoms with E-state index < -0.39 is 24.3 Å². The van der Waals surface area contributed by atoms with Gasteiger partial charge in [0.05, 0.1) is 18.8 Å². The summed E-state index contributed by atoms with van der Waals surface area (Å²) >= 11 is 0. The van der Waals surface area contributed by atoms with Crippen molar-refractivity contribution in [3.63, 3.8) is 0 Å². The standard InChI is InChI=1S/C13H30NO4P/c1-9-17-19(16,18-10-2)11(12(3,4)5)14(15)13(6,7)8/h11,14H,9-10H2,1-8H3. The minimum atomic E-state index is -3.45. The van der Waals surface area contributed by atoms with E-state index in [0.717, 1.165) is 0 Å². The van der Waals surface area contributed by atoms with E-state index in [2.05, 4.69) is 0 Å². The summed E-state index contributed by atoms with van der Waals surface area (Å²) in [6, 6.07) is 0. The van der Waals surface area contributed by atoms with Crippen molar-refractivity contribution in [2.24, 2.45) is 5.41 Å². The van der Waals surface area contributed by atoms with Gasteiger partial charge >= 0.3 is 7.60 Å². The van der Waals surface area contributed by atoms with E-state index in [9.17, 15) is 9.77 Å². The number of quaternary nitrogens is 1. The maximum absolute atomic E-state index is 13.0. The lowest BCUT2D eigenvalue weighted by Gasteiger charge is -2.47. The van der Waals surface area contributed by atoms with Crippen LogP contribution in [-0.2, 0) is 13.6 Å². The fourth-order valence-electron chi connectivity index (χ4n) is 1.97. The molecule has 2 atom stereocenters. The fourth-order valence-corrected chi connectivity index (χ4v) is 4.68. The molecule has 0 spiro atoms. The Kier molecular flexibility index (Phi) is 6.71. The molecule has 0 radical (unpaired) electrons. The van der Waals surface area contributed by atoms with Gasteiger partial charge in [-0.1, -0.05) is 20.8 Å². The van der Waals surface area contributed by atoms with Crippen molar-refractivity contribution >= 4 is 7.60 Å². The molecule has 5 nitrogen and oxygen atoms in total. The van der Waals surface area contributed by atoms with Gasteiger partial charge in [-0.15, -0.1) is 0 Å². The third-order valence-corrected chi connectivity index (χ3v) is 5.62. The molecule has 6 heteroatoms. The van der Waals surface area contributed by atoms with Crippen LogP contribution in [0.25, 0.3) is 0 Å². The van der Waals surface area contributed by atoms with E-state index in [-0.39, 0.29) is 18.3 Å². The predicted molar refractivity (Wildman–Crippen MR) is 78.2 cm³/mol. The summed E-state index contributed by atoms with van der Waals surface area (Å²) in [7, 11) is -3.45. The van der Waals surface area contributed by atoms with Crippen LogP contribution in [0.1, 0.15) is 55.4 Å². The second-order valence-corrected chi connectivity index (χ2v) is 8.87. The van der Waals surface area contributed by atoms with E-state index in [1.54, 1.807) is 13.8 Å². The number of hydroxylamine groups is 2. The first kappa shape index (κ1) is 19.1. The molecule has 0 aromatic rings. The average Bonchev–Trinajstić information content (AvgIpc) is 2.13. The largest absolute Gasteiger partial charge is 0.633 e. The van der Waals surface area contributed by atoms with Crippen LogP contribution >= 0.6 is 7.60 Å². The molecule has 0 aromatic heterocycles. The summed E-state index contributed by atoms with van der Waals surface area (Å²) in [5, 5.41) is 12.6. The predicted octanol–water partition coefficient (Wildman–Crippen LogP) is 2.81. The normalized spacial score (nSPS) is 17.3. The molecule has 116 valence electrons. The van der Waals surface area contributed by atoms with E-state index in [1.807, 2.05) is 41.5 Å². The molecule has 0 saturated heterocycles. The van der Waals surface area contributed by atoms with Gasteiger partial charge in [0.25, 0.3) is 0 Å². The zero-order valence-corrected chi connectivity index (χ0v) is 14.5. The van der Waals surface area contributed by atoms with Crippen LogP contribution in [-0.4, -0.2) is 24.5 Å². The number of hydrogen-bond donors (Lipinski definition) is 1. The summed E-state index contributed by atoms with van der Waals surface area (Å²) < 4.78 is 23.8. The minimum absolute atomic E-state index is 0.0785. The Morgan fingerprint density at radius 1 is 1.05 bits per heavy atom. The van der Waals surface area contributed by atoms with Crippen LogP contribution in [0.4, 0.5) is 0 Å². The topological polar surface area (TPSA) is 63.0 Å². The van der Waals surface area contributed by atoms with Crippen molar-refractivity contribution in [3.8, 4) is 0 Å². The summed E-state index contributed by atoms with van der Waals surface area (Å²) in [4.78, 5) is 0. The lowest BCUT2D eigenvalue weighted by Crippen LogP contribution is -3.19. The van der Waals surface area contributed by atoms with Crippen LogP contribution in [0, 0.1) is 10.6 Å². The molecule has 0 saturated carbocycles. The molecule has 0 amide bonds. The van der Waals surface area contributed by atoms with Crippen LogP contribution in [0.3, 0.4) is 0 Å². The molecule has 0 heterocycles. The molecule has 0 rings (SSSR count). The quantitative estimate of drug-likeness (QED) is 0.604. The van der Waals surface area contributed by atoms with Gasteiger partial charge in [0, 0.05) is 5.41 Å². The molecule has 0 fully saturated rings. The highest BCUT2D eigenvalue weighted by Crippen LogP contribution is 2.56. The van der Waals surface area contributed by atoms with Crippen LogP contribution in [0.2, 0.25) is 0 Å². The highest BCUT2D eigenvalue weighted by atomic mass is 31.2. The number of rotatable bonds is 6. The summed E-state index contributed by atoms with van der Waals surface area (Å²) in [6.45, 7) is 15.2. The lowest BCUT2D eigenvalue weighted by molar-refractivity contribution is -0.917. The SMILES string of the molecule is CCOP(=O)(OCC)C([NH+]([O-])C(C)(C)C)C(C)(C)C. The Bertz CT molecular complexity index is 310. The van der Waals surface area contributed by atoms with Gasteiger partial charge in [0.2, 0.25) is 0 Å². The molecule has 0 aromatic carbocycles. The van der Waals surface area contributed by atoms with E-state index in [1.165, 1.54) is 0 Å². The summed E-state index contributed by atoms with van der Waals surface area (Å²) in [5.74, 6) is -0.750. The first-order valence-electron chi connectivity index (χ1n) is 6.83. The first-order valence-corrected chi connectivity index (χ1v) is 8.44. The third kappa shape index (κ3) is 5.16. The lowest BCUT2D eigenvalue weighted by atomic mass is 9.94. The smallest absolute Gasteiger partial charge is 0.388 e. The first-order chi connectivity index (χ1) is 8.40. The van der Waals surface area contributed by atoms with Gasteiger partial charge in [0.1, 0.15) is 0 Å². The summed E-state index contributed by atoms with van der Waals surface area (Å²) in [6.07, 6.45) is 0. The maximum Gasteiger partial charge on any atom is 0.388 e. The van der Waals surface area contributed by atoms with E-state index in [0.29, 0.717) is 0 Å². The highest BCUT2D eigenvalue weighted by molar-refractivity contribution is 7.54. The monoisotopic (exact) mass is 295 g/mol. The van der Waals surface area contributed by atoms with Crippen molar-refractivity contribution in [1.82, 2.24) is 0 Å². The fraction of sp³-hybridized carbons (Fsp3) is 1.00. The number of nitrogens with one attached hydrogen (secondary N) is 1. The van der Waals surface area contributed by atoms with Gasteiger partial charge in [-0.3, -0.25) is 4.57 Å². The molecule has 1 N–H and O–H groups in total. The maximum atomic E-state index is 13.0. The molecule has 0 bridgehead atoms. The number of hydrogen-bond acceptors (Lipinski definition) is 4. The Balaban J connectivity index is 5.64. The Morgan fingerprint density at radius 3 is 1.63 bits per heavy atom. The minimum Gasteiger partial charge on any atom is -0.633 e. The molecular weight excluding hydrogens is 265 g/mol. The summed E-state index contributed by atoms with van der Waals surface area (Å²) in [5.41, 5.74) is -1.06. The van der Waals surface area contributed by atoms with Crippen LogP contribution < -0.4 is 5.06 Å². The molecular formula is C13H30NO4P. The molecule has 0 aliphatic carbocycles. The van der Waals surface area contributed by atoms with E-state index in [4.69, 9.17) is 9.05 Å². The second-order valence-electron chi connectivity index (χ2n) is 6.76. The van der Waals surface area contributed by atoms with Crippen LogP contribution in [0.15, 0.2) is 0 Å². The Hall–Kier alpha value is 0.0700. The van der Waals surface area contributed by atoms with Crippen molar-refractivity contribution in [1.29, 1.82) is 0 Å². The van der Waals surface area contributed by atoms with Crippen molar-refractivity contribution < 1.29 is 18.7 Å². The van der Waals surface area contributed by atoms with Crippen molar-refractivity contribution in [3.05, 3.63) is 5.21 Å². The van der Waals surface area contributed by atoms with Gasteiger partial charge in [-0.05, 0) is 34.6 Å². The molecule has 0 aliphatic rings. The Morgan fingerprint density at radius 2 is 1.42 bits per heavy atom. The van der Waals surface area contributed by atoms with Crippen molar-refractivity contribution in [2.75, 3.05) is 13.2 Å². The van der Waals surface area contributed by atoms with Gasteiger partial charge in [-0.2, -0.15) is 0 Å². The molecule has 19 heavy (non-hydrogen) atoms. The van der Waals surface area contributed by atoms with E-state index >= 15 is 0 Å². The average molecular weight is 295 g/mol. The van der Waals surface area contributed by atoms with Crippen molar-refractivity contribution in [2.45, 2.75) is 66.7 Å². The Labute approximate surface area is 117 Å². The van der Waals surface area contributed by atoms with Crippen LogP contribution in [0.5, 0.6) is 0 Å². The third-order valence-electron chi connectivity index (χ3n) is 2.74. The van der Waals surface area contributed by atoms with Gasteiger partial charge < -0.3 is 19.3 Å². The second kappa shape index (κ2) is 6.68. The van der Waals surface area contributed by atoms with Gasteiger partial charge in [-0.25, -0.2) is 0 Å². The zero-order chi connectivity index (χ0) is 15.5. The molecule has 2 unspecified atom stereocenters. The molecule has 0 aliphatic heterocycles.